The maximum Gasteiger partial charge on any atom is 0.0464 e. The number of hydrogen-bond donors (Lipinski definition) is 1. The molecule has 26 heavy (non-hydrogen) atoms. The average molecular weight is 363 g/mol. The van der Waals surface area contributed by atoms with Gasteiger partial charge in [0.2, 0.25) is 0 Å². The molecular formula is C25H46O. The van der Waals surface area contributed by atoms with Crippen molar-refractivity contribution in [1.29, 1.82) is 0 Å². The fourth-order valence-electron chi connectivity index (χ4n) is 3.73. The van der Waals surface area contributed by atoms with Crippen molar-refractivity contribution in [1.82, 2.24) is 0 Å². The number of allylic oxidation sites excluding steroid dienone is 5. The zero-order valence-corrected chi connectivity index (χ0v) is 19.3. The molecule has 2 atom stereocenters. The van der Waals surface area contributed by atoms with Gasteiger partial charge in [0.25, 0.3) is 0 Å². The molecule has 0 bridgehead atoms. The lowest BCUT2D eigenvalue weighted by atomic mass is 9.57. The zero-order chi connectivity index (χ0) is 20.8. The molecule has 0 aliphatic heterocycles. The van der Waals surface area contributed by atoms with Gasteiger partial charge in [-0.15, -0.1) is 0 Å². The van der Waals surface area contributed by atoms with E-state index < -0.39 is 0 Å². The second-order valence-corrected chi connectivity index (χ2v) is 10.7. The van der Waals surface area contributed by atoms with Gasteiger partial charge in [0.15, 0.2) is 0 Å². The molecule has 0 saturated heterocycles. The molecule has 0 saturated carbocycles. The summed E-state index contributed by atoms with van der Waals surface area (Å²) in [6.07, 6.45) is 10.6. The number of rotatable bonds is 10. The van der Waals surface area contributed by atoms with Crippen LogP contribution in [0.1, 0.15) is 82.1 Å². The molecule has 0 rings (SSSR count). The van der Waals surface area contributed by atoms with Gasteiger partial charge in [-0.1, -0.05) is 93.2 Å². The van der Waals surface area contributed by atoms with Crippen molar-refractivity contribution in [3.63, 3.8) is 0 Å². The standard InChI is InChI=1S/C25H46O/c1-12-14-20(15-13-2)22(19(3)4)17-25(10,11)24(8,9)16-21(18-26)23(5,6)7/h12-15,19,21-22,26H,1,16-18H2,2-11H3/b15-13-,20-14+. The van der Waals surface area contributed by atoms with Crippen molar-refractivity contribution in [2.45, 2.75) is 82.1 Å². The number of aliphatic hydroxyl groups is 1. The third-order valence-electron chi connectivity index (χ3n) is 6.67. The van der Waals surface area contributed by atoms with Crippen LogP contribution in [0.25, 0.3) is 0 Å². The predicted octanol–water partition coefficient (Wildman–Crippen LogP) is 7.43. The third-order valence-corrected chi connectivity index (χ3v) is 6.67. The highest BCUT2D eigenvalue weighted by molar-refractivity contribution is 5.26. The van der Waals surface area contributed by atoms with Gasteiger partial charge in [-0.05, 0) is 59.3 Å². The van der Waals surface area contributed by atoms with Crippen LogP contribution in [0.5, 0.6) is 0 Å². The van der Waals surface area contributed by atoms with Gasteiger partial charge < -0.3 is 5.11 Å². The van der Waals surface area contributed by atoms with Gasteiger partial charge in [0, 0.05) is 6.61 Å². The van der Waals surface area contributed by atoms with Crippen molar-refractivity contribution >= 4 is 0 Å². The smallest absolute Gasteiger partial charge is 0.0464 e. The lowest BCUT2D eigenvalue weighted by Gasteiger charge is -2.48. The van der Waals surface area contributed by atoms with Crippen LogP contribution in [0.3, 0.4) is 0 Å². The molecule has 1 N–H and O–H groups in total. The monoisotopic (exact) mass is 362 g/mol. The van der Waals surface area contributed by atoms with E-state index in [1.807, 2.05) is 6.08 Å². The van der Waals surface area contributed by atoms with E-state index in [9.17, 15) is 5.11 Å². The maximum atomic E-state index is 9.96. The zero-order valence-electron chi connectivity index (χ0n) is 19.3. The molecule has 0 amide bonds. The first-order chi connectivity index (χ1) is 11.7. The summed E-state index contributed by atoms with van der Waals surface area (Å²) in [6, 6.07) is 0. The van der Waals surface area contributed by atoms with Crippen LogP contribution >= 0.6 is 0 Å². The lowest BCUT2D eigenvalue weighted by Crippen LogP contribution is -2.40. The Labute approximate surface area is 164 Å². The van der Waals surface area contributed by atoms with Gasteiger partial charge in [0.05, 0.1) is 0 Å². The topological polar surface area (TPSA) is 20.2 Å². The van der Waals surface area contributed by atoms with Gasteiger partial charge in [0.1, 0.15) is 0 Å². The first-order valence-electron chi connectivity index (χ1n) is 10.3. The van der Waals surface area contributed by atoms with E-state index in [4.69, 9.17) is 0 Å². The Morgan fingerprint density at radius 1 is 0.962 bits per heavy atom. The summed E-state index contributed by atoms with van der Waals surface area (Å²) in [5, 5.41) is 9.96. The maximum absolute atomic E-state index is 9.96. The van der Waals surface area contributed by atoms with Crippen molar-refractivity contribution in [3.05, 3.63) is 36.5 Å². The predicted molar refractivity (Wildman–Crippen MR) is 118 cm³/mol. The van der Waals surface area contributed by atoms with Crippen molar-refractivity contribution in [2.75, 3.05) is 6.61 Å². The Balaban J connectivity index is 5.67. The molecular weight excluding hydrogens is 316 g/mol. The summed E-state index contributed by atoms with van der Waals surface area (Å²) in [7, 11) is 0. The first kappa shape index (κ1) is 25.2. The van der Waals surface area contributed by atoms with E-state index in [0.29, 0.717) is 17.8 Å². The Hall–Kier alpha value is -0.820. The second kappa shape index (κ2) is 9.93. The fourth-order valence-corrected chi connectivity index (χ4v) is 3.73. The number of aliphatic hydroxyl groups excluding tert-OH is 1. The van der Waals surface area contributed by atoms with Crippen molar-refractivity contribution in [3.8, 4) is 0 Å². The van der Waals surface area contributed by atoms with Crippen LogP contribution in [0.15, 0.2) is 36.5 Å². The van der Waals surface area contributed by atoms with Gasteiger partial charge in [-0.2, -0.15) is 0 Å². The molecule has 0 radical (unpaired) electrons. The van der Waals surface area contributed by atoms with Crippen molar-refractivity contribution < 1.29 is 5.11 Å². The molecule has 2 unspecified atom stereocenters. The molecule has 0 aliphatic rings. The van der Waals surface area contributed by atoms with E-state index in [-0.39, 0.29) is 22.9 Å². The quantitative estimate of drug-likeness (QED) is 0.400. The van der Waals surface area contributed by atoms with Crippen LogP contribution < -0.4 is 0 Å². The summed E-state index contributed by atoms with van der Waals surface area (Å²) in [5.41, 5.74) is 1.78. The molecule has 0 fully saturated rings. The molecule has 0 aliphatic carbocycles. The summed E-state index contributed by atoms with van der Waals surface area (Å²) in [4.78, 5) is 0. The molecule has 0 aromatic carbocycles. The molecule has 0 aromatic rings. The normalized spacial score (nSPS) is 17.0. The highest BCUT2D eigenvalue weighted by atomic mass is 16.3. The molecule has 152 valence electrons. The number of hydrogen-bond acceptors (Lipinski definition) is 1. The van der Waals surface area contributed by atoms with Crippen LogP contribution in [0.4, 0.5) is 0 Å². The highest BCUT2D eigenvalue weighted by Gasteiger charge is 2.42. The SMILES string of the molecule is C=C/C=C(\C=C/C)C(CC(C)(C)C(C)(C)CC(CO)C(C)(C)C)C(C)C. The minimum Gasteiger partial charge on any atom is -0.396 e. The average Bonchev–Trinajstić information content (AvgIpc) is 2.48. The van der Waals surface area contributed by atoms with Crippen LogP contribution in [0, 0.1) is 34.0 Å². The summed E-state index contributed by atoms with van der Waals surface area (Å²) >= 11 is 0. The Kier molecular flexibility index (Phi) is 9.61. The molecule has 1 heteroatoms. The minimum absolute atomic E-state index is 0.123. The third kappa shape index (κ3) is 7.06. The first-order valence-corrected chi connectivity index (χ1v) is 10.3. The van der Waals surface area contributed by atoms with E-state index in [0.717, 1.165) is 12.8 Å². The summed E-state index contributed by atoms with van der Waals surface area (Å²) in [5.74, 6) is 1.39. The van der Waals surface area contributed by atoms with Gasteiger partial charge in [-0.3, -0.25) is 0 Å². The summed E-state index contributed by atoms with van der Waals surface area (Å²) in [6.45, 7) is 27.2. The van der Waals surface area contributed by atoms with Gasteiger partial charge in [-0.25, -0.2) is 0 Å². The Bertz CT molecular complexity index is 483. The van der Waals surface area contributed by atoms with E-state index in [1.165, 1.54) is 5.57 Å². The van der Waals surface area contributed by atoms with E-state index in [2.05, 4.69) is 94.0 Å². The van der Waals surface area contributed by atoms with Crippen molar-refractivity contribution in [2.24, 2.45) is 34.0 Å². The highest BCUT2D eigenvalue weighted by Crippen LogP contribution is 2.51. The second-order valence-electron chi connectivity index (χ2n) is 10.7. The van der Waals surface area contributed by atoms with Gasteiger partial charge >= 0.3 is 0 Å². The minimum atomic E-state index is 0.123. The largest absolute Gasteiger partial charge is 0.396 e. The molecule has 0 spiro atoms. The van der Waals surface area contributed by atoms with Crippen LogP contribution in [-0.4, -0.2) is 11.7 Å². The van der Waals surface area contributed by atoms with Crippen LogP contribution in [-0.2, 0) is 0 Å². The lowest BCUT2D eigenvalue weighted by molar-refractivity contribution is 0.00907. The summed E-state index contributed by atoms with van der Waals surface area (Å²) < 4.78 is 0. The van der Waals surface area contributed by atoms with Crippen LogP contribution in [0.2, 0.25) is 0 Å². The Morgan fingerprint density at radius 3 is 1.81 bits per heavy atom. The molecule has 0 heterocycles. The molecule has 0 aromatic heterocycles. The molecule has 1 nitrogen and oxygen atoms in total. The fraction of sp³-hybridized carbons (Fsp3) is 0.760. The van der Waals surface area contributed by atoms with E-state index >= 15 is 0 Å². The van der Waals surface area contributed by atoms with E-state index in [1.54, 1.807) is 0 Å². The Morgan fingerprint density at radius 2 is 1.46 bits per heavy atom.